The maximum Gasteiger partial charge on any atom is 0.262 e. The molecular formula is C20H20N2O4. The van der Waals surface area contributed by atoms with Gasteiger partial charge < -0.3 is 19.5 Å². The molecule has 0 bridgehead atoms. The number of anilines is 1. The van der Waals surface area contributed by atoms with Gasteiger partial charge in [0.15, 0.2) is 6.61 Å². The number of ether oxygens (including phenoxy) is 3. The second kappa shape index (κ2) is 7.74. The van der Waals surface area contributed by atoms with Crippen LogP contribution < -0.4 is 19.5 Å². The molecule has 0 radical (unpaired) electrons. The number of methoxy groups -OCH3 is 2. The molecular weight excluding hydrogens is 332 g/mol. The van der Waals surface area contributed by atoms with Gasteiger partial charge in [0, 0.05) is 17.1 Å². The molecule has 2 aromatic carbocycles. The van der Waals surface area contributed by atoms with E-state index in [1.165, 1.54) is 7.11 Å². The molecule has 134 valence electrons. The lowest BCUT2D eigenvalue weighted by Crippen LogP contribution is -2.20. The Morgan fingerprint density at radius 1 is 1.04 bits per heavy atom. The second-order valence-electron chi connectivity index (χ2n) is 5.68. The number of amides is 1. The number of nitrogens with one attached hydrogen (secondary N) is 1. The van der Waals surface area contributed by atoms with Gasteiger partial charge in [0.05, 0.1) is 19.9 Å². The third-order valence-electron chi connectivity index (χ3n) is 3.86. The number of benzene rings is 2. The molecule has 0 saturated heterocycles. The monoisotopic (exact) mass is 352 g/mol. The van der Waals surface area contributed by atoms with Gasteiger partial charge in [-0.05, 0) is 31.2 Å². The molecule has 6 nitrogen and oxygen atoms in total. The van der Waals surface area contributed by atoms with Crippen molar-refractivity contribution in [2.24, 2.45) is 0 Å². The van der Waals surface area contributed by atoms with E-state index in [1.54, 1.807) is 31.4 Å². The van der Waals surface area contributed by atoms with Gasteiger partial charge in [-0.25, -0.2) is 4.98 Å². The lowest BCUT2D eigenvalue weighted by molar-refractivity contribution is -0.118. The van der Waals surface area contributed by atoms with Gasteiger partial charge in [-0.15, -0.1) is 0 Å². The van der Waals surface area contributed by atoms with Crippen LogP contribution >= 0.6 is 0 Å². The average Bonchev–Trinajstić information content (AvgIpc) is 2.66. The first kappa shape index (κ1) is 17.5. The SMILES string of the molecule is COc1ccc(OC)c(NC(=O)COc2cccc3ccc(C)nc23)c1. The highest BCUT2D eigenvalue weighted by atomic mass is 16.5. The molecule has 26 heavy (non-hydrogen) atoms. The molecule has 0 saturated carbocycles. The second-order valence-corrected chi connectivity index (χ2v) is 5.68. The van der Waals surface area contributed by atoms with Crippen LogP contribution in [0.15, 0.2) is 48.5 Å². The summed E-state index contributed by atoms with van der Waals surface area (Å²) in [7, 11) is 3.10. The Hall–Kier alpha value is -3.28. The fourth-order valence-corrected chi connectivity index (χ4v) is 2.58. The van der Waals surface area contributed by atoms with Gasteiger partial charge in [-0.3, -0.25) is 4.79 Å². The van der Waals surface area contributed by atoms with Gasteiger partial charge >= 0.3 is 0 Å². The first-order valence-corrected chi connectivity index (χ1v) is 8.12. The Morgan fingerprint density at radius 2 is 1.88 bits per heavy atom. The Labute approximate surface area is 151 Å². The summed E-state index contributed by atoms with van der Waals surface area (Å²) in [6.07, 6.45) is 0. The lowest BCUT2D eigenvalue weighted by Gasteiger charge is -2.13. The van der Waals surface area contributed by atoms with E-state index < -0.39 is 0 Å². The molecule has 6 heteroatoms. The first-order valence-electron chi connectivity index (χ1n) is 8.12. The number of pyridine rings is 1. The Kier molecular flexibility index (Phi) is 5.22. The zero-order valence-electron chi connectivity index (χ0n) is 14.9. The fraction of sp³-hybridized carbons (Fsp3) is 0.200. The van der Waals surface area contributed by atoms with E-state index in [0.29, 0.717) is 22.9 Å². The standard InChI is InChI=1S/C20H20N2O4/c1-13-7-8-14-5-4-6-18(20(14)21-13)26-12-19(23)22-16-11-15(24-2)9-10-17(16)25-3/h4-11H,12H2,1-3H3,(H,22,23). The largest absolute Gasteiger partial charge is 0.497 e. The van der Waals surface area contributed by atoms with E-state index in [1.807, 2.05) is 31.2 Å². The van der Waals surface area contributed by atoms with Crippen LogP contribution in [0.5, 0.6) is 17.2 Å². The highest BCUT2D eigenvalue weighted by Gasteiger charge is 2.11. The number of rotatable bonds is 6. The molecule has 1 amide bonds. The minimum absolute atomic E-state index is 0.144. The smallest absolute Gasteiger partial charge is 0.262 e. The van der Waals surface area contributed by atoms with E-state index in [2.05, 4.69) is 10.3 Å². The van der Waals surface area contributed by atoms with Crippen molar-refractivity contribution in [3.05, 3.63) is 54.2 Å². The van der Waals surface area contributed by atoms with Gasteiger partial charge in [-0.2, -0.15) is 0 Å². The summed E-state index contributed by atoms with van der Waals surface area (Å²) < 4.78 is 16.1. The van der Waals surface area contributed by atoms with Crippen LogP contribution in [0.25, 0.3) is 10.9 Å². The van der Waals surface area contributed by atoms with Crippen molar-refractivity contribution in [3.63, 3.8) is 0 Å². The molecule has 0 aliphatic carbocycles. The average molecular weight is 352 g/mol. The normalized spacial score (nSPS) is 10.4. The van der Waals surface area contributed by atoms with E-state index in [9.17, 15) is 4.79 Å². The molecule has 1 heterocycles. The van der Waals surface area contributed by atoms with Crippen LogP contribution in [0.4, 0.5) is 5.69 Å². The molecule has 1 aromatic heterocycles. The van der Waals surface area contributed by atoms with Crippen molar-refractivity contribution >= 4 is 22.5 Å². The number of fused-ring (bicyclic) bond motifs is 1. The number of para-hydroxylation sites is 1. The quantitative estimate of drug-likeness (QED) is 0.734. The van der Waals surface area contributed by atoms with Gasteiger partial charge in [0.25, 0.3) is 5.91 Å². The van der Waals surface area contributed by atoms with E-state index in [4.69, 9.17) is 14.2 Å². The van der Waals surface area contributed by atoms with Crippen LogP contribution in [0.1, 0.15) is 5.69 Å². The number of carbonyl (C=O) groups is 1. The molecule has 0 aliphatic rings. The Bertz CT molecular complexity index is 940. The van der Waals surface area contributed by atoms with Gasteiger partial charge in [0.2, 0.25) is 0 Å². The van der Waals surface area contributed by atoms with Crippen molar-refractivity contribution in [1.82, 2.24) is 4.98 Å². The van der Waals surface area contributed by atoms with Crippen molar-refractivity contribution in [3.8, 4) is 17.2 Å². The third-order valence-corrected chi connectivity index (χ3v) is 3.86. The third kappa shape index (κ3) is 3.85. The first-order chi connectivity index (χ1) is 12.6. The predicted molar refractivity (Wildman–Crippen MR) is 100 cm³/mol. The Balaban J connectivity index is 1.73. The zero-order valence-corrected chi connectivity index (χ0v) is 14.9. The fourth-order valence-electron chi connectivity index (χ4n) is 2.58. The molecule has 0 spiro atoms. The summed E-state index contributed by atoms with van der Waals surface area (Å²) in [5.74, 6) is 1.43. The molecule has 1 N–H and O–H groups in total. The van der Waals surface area contributed by atoms with E-state index in [0.717, 1.165) is 16.6 Å². The maximum absolute atomic E-state index is 12.3. The molecule has 3 rings (SSSR count). The summed E-state index contributed by atoms with van der Waals surface area (Å²) in [4.78, 5) is 16.8. The molecule has 3 aromatic rings. The topological polar surface area (TPSA) is 69.7 Å². The highest BCUT2D eigenvalue weighted by molar-refractivity contribution is 5.94. The zero-order chi connectivity index (χ0) is 18.5. The maximum atomic E-state index is 12.3. The minimum Gasteiger partial charge on any atom is -0.497 e. The number of hydrogen-bond donors (Lipinski definition) is 1. The summed E-state index contributed by atoms with van der Waals surface area (Å²) in [5, 5.41) is 3.74. The van der Waals surface area contributed by atoms with Crippen molar-refractivity contribution in [2.45, 2.75) is 6.92 Å². The highest BCUT2D eigenvalue weighted by Crippen LogP contribution is 2.29. The van der Waals surface area contributed by atoms with Crippen LogP contribution in [0.3, 0.4) is 0 Å². The summed E-state index contributed by atoms with van der Waals surface area (Å²) in [6.45, 7) is 1.77. The summed E-state index contributed by atoms with van der Waals surface area (Å²) in [5.41, 5.74) is 2.14. The minimum atomic E-state index is -0.304. The van der Waals surface area contributed by atoms with Crippen LogP contribution in [-0.4, -0.2) is 31.7 Å². The van der Waals surface area contributed by atoms with Crippen LogP contribution in [0, 0.1) is 6.92 Å². The summed E-state index contributed by atoms with van der Waals surface area (Å²) in [6, 6.07) is 14.7. The van der Waals surface area contributed by atoms with Crippen LogP contribution in [0.2, 0.25) is 0 Å². The van der Waals surface area contributed by atoms with Crippen molar-refractivity contribution in [2.75, 3.05) is 26.1 Å². The lowest BCUT2D eigenvalue weighted by atomic mass is 10.2. The summed E-state index contributed by atoms with van der Waals surface area (Å²) >= 11 is 0. The van der Waals surface area contributed by atoms with Crippen molar-refractivity contribution in [1.29, 1.82) is 0 Å². The molecule has 0 unspecified atom stereocenters. The molecule has 0 aliphatic heterocycles. The van der Waals surface area contributed by atoms with Crippen LogP contribution in [-0.2, 0) is 4.79 Å². The van der Waals surface area contributed by atoms with E-state index in [-0.39, 0.29) is 12.5 Å². The number of carbonyl (C=O) groups excluding carboxylic acids is 1. The number of aromatic nitrogens is 1. The Morgan fingerprint density at radius 3 is 2.65 bits per heavy atom. The molecule has 0 fully saturated rings. The van der Waals surface area contributed by atoms with Crippen molar-refractivity contribution < 1.29 is 19.0 Å². The number of nitrogens with zero attached hydrogens (tertiary/aromatic N) is 1. The number of aryl methyl sites for hydroxylation is 1. The molecule has 0 atom stereocenters. The van der Waals surface area contributed by atoms with Gasteiger partial charge in [0.1, 0.15) is 22.8 Å². The predicted octanol–water partition coefficient (Wildman–Crippen LogP) is 3.58. The number of hydrogen-bond acceptors (Lipinski definition) is 5. The van der Waals surface area contributed by atoms with Gasteiger partial charge in [-0.1, -0.05) is 18.2 Å². The van der Waals surface area contributed by atoms with E-state index >= 15 is 0 Å².